The lowest BCUT2D eigenvalue weighted by Crippen LogP contribution is -2.15. The van der Waals surface area contributed by atoms with Crippen LogP contribution in [-0.4, -0.2) is 10.9 Å². The maximum absolute atomic E-state index is 12.4. The number of pyridine rings is 1. The molecule has 0 saturated carbocycles. The molecule has 0 aliphatic rings. The number of halogens is 3. The molecule has 1 rings (SSSR count). The van der Waals surface area contributed by atoms with Crippen LogP contribution in [-0.2, 0) is 0 Å². The summed E-state index contributed by atoms with van der Waals surface area (Å²) >= 11 is 1.76. The molecule has 0 fully saturated rings. The molecule has 1 aromatic heterocycles. The van der Waals surface area contributed by atoms with Crippen molar-refractivity contribution in [3.05, 3.63) is 26.6 Å². The molecule has 6 heteroatoms. The lowest BCUT2D eigenvalue weighted by atomic mass is 10.1. The Hall–Kier alpha value is -0.790. The number of carbonyl (C=O) groups excluding carboxylic acids is 1. The van der Waals surface area contributed by atoms with Crippen LogP contribution in [0.25, 0.3) is 0 Å². The Labute approximate surface area is 92.8 Å². The lowest BCUT2D eigenvalue weighted by molar-refractivity contribution is 0.0998. The minimum Gasteiger partial charge on any atom is -0.366 e. The van der Waals surface area contributed by atoms with Crippen molar-refractivity contribution in [1.82, 2.24) is 4.98 Å². The molecule has 0 spiro atoms. The Morgan fingerprint density at radius 1 is 1.64 bits per heavy atom. The van der Waals surface area contributed by atoms with Crippen molar-refractivity contribution in [1.29, 1.82) is 0 Å². The Morgan fingerprint density at radius 2 is 2.21 bits per heavy atom. The van der Waals surface area contributed by atoms with Gasteiger partial charge in [-0.05, 0) is 41.1 Å². The van der Waals surface area contributed by atoms with Gasteiger partial charge in [0.05, 0.1) is 0 Å². The topological polar surface area (TPSA) is 56.0 Å². The summed E-state index contributed by atoms with van der Waals surface area (Å²) in [7, 11) is 0. The zero-order valence-corrected chi connectivity index (χ0v) is 9.38. The van der Waals surface area contributed by atoms with Crippen LogP contribution >= 0.6 is 22.6 Å². The second-order valence-corrected chi connectivity index (χ2v) is 3.77. The van der Waals surface area contributed by atoms with Gasteiger partial charge in [-0.2, -0.15) is 0 Å². The summed E-state index contributed by atoms with van der Waals surface area (Å²) in [4.78, 5) is 14.5. The predicted octanol–water partition coefficient (Wildman–Crippen LogP) is 2.03. The predicted molar refractivity (Wildman–Crippen MR) is 55.2 cm³/mol. The highest BCUT2D eigenvalue weighted by Gasteiger charge is 2.18. The van der Waals surface area contributed by atoms with Crippen molar-refractivity contribution in [2.75, 3.05) is 0 Å². The highest BCUT2D eigenvalue weighted by molar-refractivity contribution is 14.1. The van der Waals surface area contributed by atoms with Crippen molar-refractivity contribution in [2.45, 2.75) is 13.3 Å². The van der Waals surface area contributed by atoms with E-state index in [4.69, 9.17) is 5.73 Å². The van der Waals surface area contributed by atoms with Gasteiger partial charge in [-0.25, -0.2) is 13.8 Å². The Bertz CT molecular complexity index is 382. The molecule has 0 saturated heterocycles. The second kappa shape index (κ2) is 4.16. The minimum atomic E-state index is -2.69. The summed E-state index contributed by atoms with van der Waals surface area (Å²) in [5.41, 5.74) is 4.90. The van der Waals surface area contributed by atoms with Gasteiger partial charge in [0.1, 0.15) is 9.39 Å². The van der Waals surface area contributed by atoms with Crippen LogP contribution in [0.2, 0.25) is 0 Å². The number of nitrogens with two attached hydrogens (primary N) is 1. The molecule has 0 aliphatic carbocycles. The average Bonchev–Trinajstić information content (AvgIpc) is 2.07. The van der Waals surface area contributed by atoms with E-state index in [0.717, 1.165) is 0 Å². The van der Waals surface area contributed by atoms with E-state index in [1.165, 1.54) is 13.0 Å². The Balaban J connectivity index is 3.40. The molecule has 0 radical (unpaired) electrons. The molecule has 1 aromatic rings. The minimum absolute atomic E-state index is 0.0969. The van der Waals surface area contributed by atoms with Crippen molar-refractivity contribution >= 4 is 28.5 Å². The number of alkyl halides is 2. The summed E-state index contributed by atoms with van der Waals surface area (Å²) in [6.07, 6.45) is -2.69. The number of hydrogen-bond acceptors (Lipinski definition) is 2. The summed E-state index contributed by atoms with van der Waals surface area (Å²) in [5, 5.41) is 0. The third-order valence-corrected chi connectivity index (χ3v) is 2.30. The third-order valence-electron chi connectivity index (χ3n) is 1.75. The van der Waals surface area contributed by atoms with Gasteiger partial charge in [0, 0.05) is 5.56 Å². The number of amides is 1. The fourth-order valence-electron chi connectivity index (χ4n) is 1.06. The SMILES string of the molecule is Cc1c(C(N)=O)cc(I)nc1C(F)F. The third kappa shape index (κ3) is 2.17. The van der Waals surface area contributed by atoms with Gasteiger partial charge < -0.3 is 5.73 Å². The number of hydrogen-bond donors (Lipinski definition) is 1. The van der Waals surface area contributed by atoms with Crippen molar-refractivity contribution in [3.63, 3.8) is 0 Å². The molecule has 0 aromatic carbocycles. The number of nitrogens with zero attached hydrogens (tertiary/aromatic N) is 1. The number of rotatable bonds is 2. The first-order valence-electron chi connectivity index (χ1n) is 3.68. The van der Waals surface area contributed by atoms with Gasteiger partial charge in [-0.3, -0.25) is 4.79 Å². The maximum Gasteiger partial charge on any atom is 0.280 e. The fraction of sp³-hybridized carbons (Fsp3) is 0.250. The van der Waals surface area contributed by atoms with Gasteiger partial charge >= 0.3 is 0 Å². The molecular formula is C8H7F2IN2O. The maximum atomic E-state index is 12.4. The molecular weight excluding hydrogens is 305 g/mol. The van der Waals surface area contributed by atoms with Gasteiger partial charge in [0.15, 0.2) is 0 Å². The highest BCUT2D eigenvalue weighted by atomic mass is 127. The van der Waals surface area contributed by atoms with E-state index in [9.17, 15) is 13.6 Å². The largest absolute Gasteiger partial charge is 0.366 e. The lowest BCUT2D eigenvalue weighted by Gasteiger charge is -2.08. The number of aromatic nitrogens is 1. The highest BCUT2D eigenvalue weighted by Crippen LogP contribution is 2.24. The van der Waals surface area contributed by atoms with E-state index in [0.29, 0.717) is 3.70 Å². The molecule has 76 valence electrons. The van der Waals surface area contributed by atoms with E-state index in [1.807, 2.05) is 0 Å². The van der Waals surface area contributed by atoms with Crippen LogP contribution in [0.3, 0.4) is 0 Å². The van der Waals surface area contributed by atoms with Crippen LogP contribution in [0.15, 0.2) is 6.07 Å². The first kappa shape index (κ1) is 11.3. The van der Waals surface area contributed by atoms with E-state index in [2.05, 4.69) is 4.98 Å². The van der Waals surface area contributed by atoms with Gasteiger partial charge in [0.2, 0.25) is 5.91 Å². The van der Waals surface area contributed by atoms with Crippen molar-refractivity contribution in [2.24, 2.45) is 5.73 Å². The standard InChI is InChI=1S/C8H7F2IN2O/c1-3-4(8(12)14)2-5(11)13-6(3)7(9)10/h2,7H,1H3,(H2,12,14). The van der Waals surface area contributed by atoms with Crippen LogP contribution in [0.4, 0.5) is 8.78 Å². The molecule has 1 amide bonds. The van der Waals surface area contributed by atoms with Crippen LogP contribution < -0.4 is 5.73 Å². The first-order valence-corrected chi connectivity index (χ1v) is 4.76. The fourth-order valence-corrected chi connectivity index (χ4v) is 1.64. The summed E-state index contributed by atoms with van der Waals surface area (Å²) in [5.74, 6) is -0.718. The van der Waals surface area contributed by atoms with E-state index < -0.39 is 12.3 Å². The molecule has 0 aliphatic heterocycles. The smallest absolute Gasteiger partial charge is 0.280 e. The molecule has 0 atom stereocenters. The second-order valence-electron chi connectivity index (χ2n) is 2.67. The summed E-state index contributed by atoms with van der Waals surface area (Å²) in [6, 6.07) is 1.39. The zero-order chi connectivity index (χ0) is 10.9. The quantitative estimate of drug-likeness (QED) is 0.671. The molecule has 3 nitrogen and oxygen atoms in total. The Kier molecular flexibility index (Phi) is 3.35. The number of carbonyl (C=O) groups is 1. The molecule has 14 heavy (non-hydrogen) atoms. The van der Waals surface area contributed by atoms with Crippen molar-refractivity contribution < 1.29 is 13.6 Å². The van der Waals surface area contributed by atoms with E-state index >= 15 is 0 Å². The molecule has 1 heterocycles. The normalized spacial score (nSPS) is 10.6. The summed E-state index contributed by atoms with van der Waals surface area (Å²) in [6.45, 7) is 1.41. The van der Waals surface area contributed by atoms with Crippen LogP contribution in [0.5, 0.6) is 0 Å². The first-order chi connectivity index (χ1) is 6.43. The van der Waals surface area contributed by atoms with Crippen molar-refractivity contribution in [3.8, 4) is 0 Å². The summed E-state index contributed by atoms with van der Waals surface area (Å²) < 4.78 is 25.2. The van der Waals surface area contributed by atoms with Gasteiger partial charge in [0.25, 0.3) is 6.43 Å². The monoisotopic (exact) mass is 312 g/mol. The zero-order valence-electron chi connectivity index (χ0n) is 7.22. The van der Waals surface area contributed by atoms with Crippen LogP contribution in [0, 0.1) is 10.6 Å². The van der Waals surface area contributed by atoms with E-state index in [1.54, 1.807) is 22.6 Å². The van der Waals surface area contributed by atoms with Gasteiger partial charge in [-0.15, -0.1) is 0 Å². The van der Waals surface area contributed by atoms with Crippen LogP contribution in [0.1, 0.15) is 28.0 Å². The number of primary amides is 1. The van der Waals surface area contributed by atoms with E-state index in [-0.39, 0.29) is 16.8 Å². The molecule has 0 unspecified atom stereocenters. The molecule has 2 N–H and O–H groups in total. The van der Waals surface area contributed by atoms with Gasteiger partial charge in [-0.1, -0.05) is 0 Å². The Morgan fingerprint density at radius 3 is 2.64 bits per heavy atom. The average molecular weight is 312 g/mol. The molecule has 0 bridgehead atoms.